The number of thiazole rings is 1. The molecular formula is C31H28AsN5O2S. The molecule has 0 N–H and O–H groups in total. The minimum atomic E-state index is -0.423. The van der Waals surface area contributed by atoms with Crippen molar-refractivity contribution in [2.24, 2.45) is 0 Å². The van der Waals surface area contributed by atoms with Gasteiger partial charge in [-0.2, -0.15) is 0 Å². The molecule has 40 heavy (non-hydrogen) atoms. The Morgan fingerprint density at radius 2 is 1.93 bits per heavy atom. The maximum absolute atomic E-state index is 14.0. The predicted molar refractivity (Wildman–Crippen MR) is 156 cm³/mol. The van der Waals surface area contributed by atoms with Crippen LogP contribution in [0.25, 0.3) is 22.6 Å². The van der Waals surface area contributed by atoms with E-state index in [1.807, 2.05) is 65.7 Å². The summed E-state index contributed by atoms with van der Waals surface area (Å²) in [5.41, 5.74) is 5.23. The van der Waals surface area contributed by atoms with Crippen LogP contribution in [0, 0.1) is 6.92 Å². The third-order valence-electron chi connectivity index (χ3n) is 7.13. The van der Waals surface area contributed by atoms with Crippen LogP contribution in [0.4, 0.5) is 0 Å². The molecule has 9 heteroatoms. The SMILES string of the molecule is Cc1csc(C2CCCN2C(=O)c2cc(-c3cccnc3)cc(-c3nnc(C(C)([As])Cc4ccccc4)o3)c2)n1. The molecule has 0 aliphatic carbocycles. The van der Waals surface area contributed by atoms with E-state index in [-0.39, 0.29) is 11.9 Å². The molecule has 3 aromatic heterocycles. The summed E-state index contributed by atoms with van der Waals surface area (Å²) in [6, 6.07) is 19.9. The van der Waals surface area contributed by atoms with Crippen LogP contribution in [0.15, 0.2) is 82.9 Å². The molecule has 2 unspecified atom stereocenters. The molecular weight excluding hydrogens is 581 g/mol. The van der Waals surface area contributed by atoms with E-state index in [9.17, 15) is 4.79 Å². The van der Waals surface area contributed by atoms with Crippen molar-refractivity contribution in [3.05, 3.63) is 106 Å². The average molecular weight is 610 g/mol. The van der Waals surface area contributed by atoms with E-state index in [0.717, 1.165) is 41.1 Å². The first-order chi connectivity index (χ1) is 19.4. The third kappa shape index (κ3) is 5.51. The first-order valence-electron chi connectivity index (χ1n) is 13.3. The second-order valence-corrected chi connectivity index (χ2v) is 13.3. The van der Waals surface area contributed by atoms with Crippen LogP contribution in [-0.2, 0) is 10.6 Å². The molecule has 0 spiro atoms. The average Bonchev–Trinajstić information content (AvgIpc) is 3.74. The molecule has 0 bridgehead atoms. The van der Waals surface area contributed by atoms with Gasteiger partial charge in [0.15, 0.2) is 0 Å². The first kappa shape index (κ1) is 26.6. The Balaban J connectivity index is 1.36. The first-order valence-corrected chi connectivity index (χ1v) is 15.1. The standard InChI is InChI=1S/C31H28AsN5O2S/c1-20-19-40-28(34-20)26-11-7-13-37(26)29(38)25-15-23(22-10-6-12-33-18-22)14-24(16-25)27-35-36-30(39-27)31(2,32)17-21-8-4-3-5-9-21/h3-6,8-10,12,14-16,18-19,26H,7,11,13,17H2,1-2H3. The van der Waals surface area contributed by atoms with Gasteiger partial charge in [-0.05, 0) is 6.92 Å². The van der Waals surface area contributed by atoms with Crippen molar-refractivity contribution < 1.29 is 9.21 Å². The summed E-state index contributed by atoms with van der Waals surface area (Å²) in [4.78, 5) is 24.9. The second kappa shape index (κ2) is 11.1. The summed E-state index contributed by atoms with van der Waals surface area (Å²) in [5.74, 6) is 0.890. The van der Waals surface area contributed by atoms with E-state index in [1.54, 1.807) is 23.7 Å². The molecule has 6 rings (SSSR count). The molecule has 1 aliphatic rings. The summed E-state index contributed by atoms with van der Waals surface area (Å²) in [6.07, 6.45) is 6.13. The van der Waals surface area contributed by atoms with Gasteiger partial charge in [0, 0.05) is 11.1 Å². The van der Waals surface area contributed by atoms with Crippen LogP contribution in [0.1, 0.15) is 58.3 Å². The van der Waals surface area contributed by atoms with Crippen LogP contribution in [0.5, 0.6) is 0 Å². The zero-order valence-corrected chi connectivity index (χ0v) is 25.0. The molecule has 200 valence electrons. The van der Waals surface area contributed by atoms with Crippen molar-refractivity contribution in [3.63, 3.8) is 0 Å². The van der Waals surface area contributed by atoms with Crippen molar-refractivity contribution in [1.82, 2.24) is 25.1 Å². The van der Waals surface area contributed by atoms with Gasteiger partial charge in [-0.25, -0.2) is 0 Å². The van der Waals surface area contributed by atoms with E-state index in [2.05, 4.69) is 56.1 Å². The third-order valence-corrected chi connectivity index (χ3v) is 8.93. The number of carbonyl (C=O) groups excluding carboxylic acids is 1. The fourth-order valence-electron chi connectivity index (χ4n) is 5.16. The summed E-state index contributed by atoms with van der Waals surface area (Å²) < 4.78 is 5.84. The van der Waals surface area contributed by atoms with Gasteiger partial charge in [-0.3, -0.25) is 0 Å². The Bertz CT molecular complexity index is 1630. The quantitative estimate of drug-likeness (QED) is 0.205. The summed E-state index contributed by atoms with van der Waals surface area (Å²) in [6.45, 7) is 4.76. The number of benzene rings is 2. The van der Waals surface area contributed by atoms with Gasteiger partial charge >= 0.3 is 229 Å². The van der Waals surface area contributed by atoms with Crippen molar-refractivity contribution in [2.45, 2.75) is 43.4 Å². The van der Waals surface area contributed by atoms with Gasteiger partial charge in [-0.1, -0.05) is 0 Å². The zero-order valence-electron chi connectivity index (χ0n) is 22.3. The molecule has 1 aliphatic heterocycles. The van der Waals surface area contributed by atoms with Gasteiger partial charge in [0.2, 0.25) is 0 Å². The normalized spacial score (nSPS) is 16.7. The summed E-state index contributed by atoms with van der Waals surface area (Å²) >= 11 is 4.29. The number of pyridine rings is 1. The van der Waals surface area contributed by atoms with Crippen molar-refractivity contribution in [2.75, 3.05) is 6.54 Å². The molecule has 7 nitrogen and oxygen atoms in total. The molecule has 2 radical (unpaired) electrons. The molecule has 4 heterocycles. The number of rotatable bonds is 7. The number of hydrogen-bond donors (Lipinski definition) is 0. The van der Waals surface area contributed by atoms with Gasteiger partial charge in [0.25, 0.3) is 0 Å². The number of nitrogens with zero attached hydrogens (tertiary/aromatic N) is 5. The van der Waals surface area contributed by atoms with Crippen LogP contribution >= 0.6 is 11.3 Å². The number of carbonyl (C=O) groups is 1. The molecule has 0 saturated carbocycles. The summed E-state index contributed by atoms with van der Waals surface area (Å²) in [5, 5.41) is 11.9. The number of aryl methyl sites for hydroxylation is 1. The van der Waals surface area contributed by atoms with Gasteiger partial charge in [0.05, 0.1) is 0 Å². The van der Waals surface area contributed by atoms with Gasteiger partial charge in [0.1, 0.15) is 0 Å². The Kier molecular flexibility index (Phi) is 7.39. The predicted octanol–water partition coefficient (Wildman–Crippen LogP) is 6.17. The second-order valence-electron chi connectivity index (χ2n) is 10.4. The van der Waals surface area contributed by atoms with E-state index >= 15 is 0 Å². The number of aromatic nitrogens is 4. The van der Waals surface area contributed by atoms with Gasteiger partial charge < -0.3 is 0 Å². The van der Waals surface area contributed by atoms with Crippen LogP contribution in [0.2, 0.25) is 0 Å². The Morgan fingerprint density at radius 3 is 2.67 bits per heavy atom. The molecule has 1 saturated heterocycles. The molecule has 1 fully saturated rings. The van der Waals surface area contributed by atoms with Gasteiger partial charge in [-0.15, -0.1) is 0 Å². The minimum absolute atomic E-state index is 0.0109. The van der Waals surface area contributed by atoms with Crippen molar-refractivity contribution >= 4 is 34.1 Å². The molecule has 5 aromatic rings. The summed E-state index contributed by atoms with van der Waals surface area (Å²) in [7, 11) is 0. The number of hydrogen-bond acceptors (Lipinski definition) is 7. The monoisotopic (exact) mass is 609 g/mol. The van der Waals surface area contributed by atoms with E-state index in [0.29, 0.717) is 29.5 Å². The van der Waals surface area contributed by atoms with Crippen molar-refractivity contribution in [3.8, 4) is 22.6 Å². The number of amides is 1. The van der Waals surface area contributed by atoms with Crippen LogP contribution in [-0.4, -0.2) is 54.4 Å². The van der Waals surface area contributed by atoms with Crippen LogP contribution in [0.3, 0.4) is 0 Å². The Labute approximate surface area is 246 Å². The molecule has 2 atom stereocenters. The van der Waals surface area contributed by atoms with Crippen LogP contribution < -0.4 is 0 Å². The maximum atomic E-state index is 14.0. The molecule has 1 amide bonds. The fourth-order valence-corrected chi connectivity index (χ4v) is 6.67. The topological polar surface area (TPSA) is 85.0 Å². The van der Waals surface area contributed by atoms with E-state index in [1.165, 1.54) is 5.56 Å². The Morgan fingerprint density at radius 1 is 1.10 bits per heavy atom. The zero-order chi connectivity index (χ0) is 27.7. The van der Waals surface area contributed by atoms with Crippen molar-refractivity contribution in [1.29, 1.82) is 0 Å². The van der Waals surface area contributed by atoms with E-state index in [4.69, 9.17) is 4.42 Å². The fraction of sp³-hybridized carbons (Fsp3) is 0.258. The number of likely N-dealkylation sites (tertiary alicyclic amines) is 1. The van der Waals surface area contributed by atoms with E-state index < -0.39 is 4.20 Å². The Hall–Kier alpha value is -3.61. The molecule has 2 aromatic carbocycles.